The maximum atomic E-state index is 12.6. The summed E-state index contributed by atoms with van der Waals surface area (Å²) in [5, 5.41) is 14.3. The van der Waals surface area contributed by atoms with Gasteiger partial charge in [0, 0.05) is 29.1 Å². The normalized spacial score (nSPS) is 12.2. The summed E-state index contributed by atoms with van der Waals surface area (Å²) in [5.41, 5.74) is 1.59. The predicted octanol–water partition coefficient (Wildman–Crippen LogP) is 5.76. The van der Waals surface area contributed by atoms with E-state index in [2.05, 4.69) is 22.1 Å². The molecule has 0 radical (unpaired) electrons. The largest absolute Gasteiger partial charge is 0.480 e. The number of aliphatic carboxylic acids is 1. The number of anilines is 1. The average molecular weight is 454 g/mol. The minimum Gasteiger partial charge on any atom is -0.480 e. The van der Waals surface area contributed by atoms with Gasteiger partial charge in [0.05, 0.1) is 15.4 Å². The molecule has 8 heteroatoms. The second kappa shape index (κ2) is 8.81. The number of aromatic amines is 1. The van der Waals surface area contributed by atoms with Crippen LogP contribution in [0, 0.1) is 11.8 Å². The van der Waals surface area contributed by atoms with Crippen LogP contribution >= 0.6 is 11.3 Å². The molecule has 32 heavy (non-hydrogen) atoms. The lowest BCUT2D eigenvalue weighted by atomic mass is 10.1. The summed E-state index contributed by atoms with van der Waals surface area (Å²) in [6.07, 6.45) is -2.27. The number of carboxylic acids is 1. The zero-order valence-electron chi connectivity index (χ0n) is 16.5. The molecule has 4 rings (SSSR count). The summed E-state index contributed by atoms with van der Waals surface area (Å²) in [5.74, 6) is 4.77. The first kappa shape index (κ1) is 21.5. The highest BCUT2D eigenvalue weighted by Gasteiger charge is 2.29. The molecule has 0 fully saturated rings. The molecule has 2 aromatic heterocycles. The Morgan fingerprint density at radius 1 is 1.06 bits per heavy atom. The first-order chi connectivity index (χ1) is 15.3. The zero-order valence-corrected chi connectivity index (χ0v) is 17.3. The molecule has 0 unspecified atom stereocenters. The minimum absolute atomic E-state index is 0.295. The highest BCUT2D eigenvalue weighted by molar-refractivity contribution is 7.16. The van der Waals surface area contributed by atoms with E-state index in [1.807, 2.05) is 30.5 Å². The third-order valence-corrected chi connectivity index (χ3v) is 5.79. The van der Waals surface area contributed by atoms with E-state index in [1.165, 1.54) is 23.5 Å². The summed E-state index contributed by atoms with van der Waals surface area (Å²) in [7, 11) is 0. The van der Waals surface area contributed by atoms with Gasteiger partial charge in [-0.15, -0.1) is 11.3 Å². The van der Waals surface area contributed by atoms with Gasteiger partial charge >= 0.3 is 12.1 Å². The quantitative estimate of drug-likeness (QED) is 0.336. The number of hydrogen-bond donors (Lipinski definition) is 3. The monoisotopic (exact) mass is 454 g/mol. The van der Waals surface area contributed by atoms with Crippen molar-refractivity contribution in [3.8, 4) is 11.8 Å². The van der Waals surface area contributed by atoms with Crippen LogP contribution in [0.3, 0.4) is 0 Å². The Hall–Kier alpha value is -3.70. The third kappa shape index (κ3) is 4.95. The lowest BCUT2D eigenvalue weighted by Gasteiger charge is -2.13. The number of benzene rings is 2. The summed E-state index contributed by atoms with van der Waals surface area (Å²) in [6.45, 7) is 0. The van der Waals surface area contributed by atoms with Crippen molar-refractivity contribution >= 4 is 33.2 Å². The molecule has 0 aliphatic heterocycles. The molecule has 2 heterocycles. The molecule has 2 aromatic carbocycles. The fraction of sp³-hybridized carbons (Fsp3) is 0.125. The van der Waals surface area contributed by atoms with Gasteiger partial charge in [0.2, 0.25) is 0 Å². The maximum Gasteiger partial charge on any atom is 0.416 e. The highest BCUT2D eigenvalue weighted by Crippen LogP contribution is 2.29. The molecule has 1 atom stereocenters. The Morgan fingerprint density at radius 2 is 1.81 bits per heavy atom. The van der Waals surface area contributed by atoms with Crippen LogP contribution < -0.4 is 5.32 Å². The van der Waals surface area contributed by atoms with E-state index in [9.17, 15) is 23.1 Å². The molecule has 0 spiro atoms. The number of thiophene rings is 1. The van der Waals surface area contributed by atoms with Gasteiger partial charge in [-0.25, -0.2) is 4.79 Å². The van der Waals surface area contributed by atoms with Crippen LogP contribution in [0.4, 0.5) is 18.2 Å². The fourth-order valence-corrected chi connectivity index (χ4v) is 4.06. The van der Waals surface area contributed by atoms with Crippen molar-refractivity contribution < 1.29 is 23.1 Å². The van der Waals surface area contributed by atoms with Crippen molar-refractivity contribution in [2.24, 2.45) is 0 Å². The van der Waals surface area contributed by atoms with Crippen molar-refractivity contribution in [1.29, 1.82) is 0 Å². The first-order valence-electron chi connectivity index (χ1n) is 9.63. The molecule has 4 nitrogen and oxygen atoms in total. The number of carboxylic acid groups (broad SMARTS) is 1. The van der Waals surface area contributed by atoms with Crippen molar-refractivity contribution in [3.63, 3.8) is 0 Å². The van der Waals surface area contributed by atoms with Crippen LogP contribution in [-0.4, -0.2) is 22.1 Å². The standard InChI is InChI=1S/C24H17F3N2O2S/c25-24(26,27)17-8-5-15(6-9-17)7-10-18-11-12-22(32-18)29-21(23(30)31)13-16-14-28-20-4-2-1-3-19(16)20/h1-6,8-9,11-12,14,21,28-29H,13H2,(H,30,31)/t21-/m1/s1. The number of hydrogen-bond acceptors (Lipinski definition) is 3. The van der Waals surface area contributed by atoms with E-state index in [1.54, 1.807) is 12.1 Å². The molecule has 0 aliphatic carbocycles. The van der Waals surface area contributed by atoms with E-state index in [0.29, 0.717) is 21.9 Å². The summed E-state index contributed by atoms with van der Waals surface area (Å²) < 4.78 is 37.9. The highest BCUT2D eigenvalue weighted by atomic mass is 32.1. The zero-order chi connectivity index (χ0) is 22.7. The van der Waals surface area contributed by atoms with E-state index in [0.717, 1.165) is 28.6 Å². The molecular formula is C24H17F3N2O2S. The molecule has 0 aliphatic rings. The molecular weight excluding hydrogens is 437 g/mol. The molecule has 0 saturated heterocycles. The van der Waals surface area contributed by atoms with Crippen molar-refractivity contribution in [2.75, 3.05) is 5.32 Å². The summed E-state index contributed by atoms with van der Waals surface area (Å²) >= 11 is 1.29. The van der Waals surface area contributed by atoms with Crippen molar-refractivity contribution in [1.82, 2.24) is 4.98 Å². The molecule has 4 aromatic rings. The van der Waals surface area contributed by atoms with Gasteiger partial charge in [-0.2, -0.15) is 13.2 Å². The van der Waals surface area contributed by atoms with Crippen LogP contribution in [0.15, 0.2) is 66.9 Å². The minimum atomic E-state index is -4.38. The average Bonchev–Trinajstić information content (AvgIpc) is 3.38. The number of aromatic nitrogens is 1. The van der Waals surface area contributed by atoms with Gasteiger partial charge in [-0.3, -0.25) is 0 Å². The SMILES string of the molecule is O=C(O)[C@@H](Cc1c[nH]c2ccccc12)Nc1ccc(C#Cc2ccc(C(F)(F)F)cc2)s1. The third-order valence-electron chi connectivity index (χ3n) is 4.86. The van der Waals surface area contributed by atoms with Crippen LogP contribution in [0.2, 0.25) is 0 Å². The Morgan fingerprint density at radius 3 is 2.53 bits per heavy atom. The van der Waals surface area contributed by atoms with Gasteiger partial charge in [0.25, 0.3) is 0 Å². The molecule has 0 amide bonds. The number of nitrogens with one attached hydrogen (secondary N) is 2. The van der Waals surface area contributed by atoms with Gasteiger partial charge in [-0.1, -0.05) is 30.0 Å². The number of rotatable bonds is 5. The topological polar surface area (TPSA) is 65.1 Å². The van der Waals surface area contributed by atoms with Crippen LogP contribution in [-0.2, 0) is 17.4 Å². The van der Waals surface area contributed by atoms with E-state index in [-0.39, 0.29) is 0 Å². The van der Waals surface area contributed by atoms with E-state index < -0.39 is 23.8 Å². The summed E-state index contributed by atoms with van der Waals surface area (Å²) in [6, 6.07) is 15.0. The number of halogens is 3. The van der Waals surface area contributed by atoms with E-state index in [4.69, 9.17) is 0 Å². The number of H-pyrrole nitrogens is 1. The number of alkyl halides is 3. The fourth-order valence-electron chi connectivity index (χ4n) is 3.25. The number of para-hydroxylation sites is 1. The Labute approximate surface area is 185 Å². The molecule has 162 valence electrons. The number of carbonyl (C=O) groups is 1. The second-order valence-electron chi connectivity index (χ2n) is 7.09. The number of fused-ring (bicyclic) bond motifs is 1. The van der Waals surface area contributed by atoms with Crippen LogP contribution in [0.25, 0.3) is 10.9 Å². The van der Waals surface area contributed by atoms with Crippen LogP contribution in [0.5, 0.6) is 0 Å². The maximum absolute atomic E-state index is 12.6. The summed E-state index contributed by atoms with van der Waals surface area (Å²) in [4.78, 5) is 15.6. The van der Waals surface area contributed by atoms with Gasteiger partial charge < -0.3 is 15.4 Å². The Balaban J connectivity index is 1.46. The van der Waals surface area contributed by atoms with Gasteiger partial charge in [0.1, 0.15) is 6.04 Å². The molecule has 0 bridgehead atoms. The Bertz CT molecular complexity index is 1310. The predicted molar refractivity (Wildman–Crippen MR) is 119 cm³/mol. The first-order valence-corrected chi connectivity index (χ1v) is 10.4. The second-order valence-corrected chi connectivity index (χ2v) is 8.17. The van der Waals surface area contributed by atoms with E-state index >= 15 is 0 Å². The van der Waals surface area contributed by atoms with Gasteiger partial charge in [-0.05, 0) is 48.0 Å². The smallest absolute Gasteiger partial charge is 0.416 e. The lowest BCUT2D eigenvalue weighted by Crippen LogP contribution is -2.31. The van der Waals surface area contributed by atoms with Crippen molar-refractivity contribution in [2.45, 2.75) is 18.6 Å². The van der Waals surface area contributed by atoms with Gasteiger partial charge in [0.15, 0.2) is 0 Å². The van der Waals surface area contributed by atoms with Crippen molar-refractivity contribution in [3.05, 3.63) is 88.4 Å². The lowest BCUT2D eigenvalue weighted by molar-refractivity contribution is -0.138. The molecule has 3 N–H and O–H groups in total. The van der Waals surface area contributed by atoms with Crippen LogP contribution in [0.1, 0.15) is 21.6 Å². The molecule has 0 saturated carbocycles. The Kier molecular flexibility index (Phi) is 5.93.